The monoisotopic (exact) mass is 383 g/mol. The predicted octanol–water partition coefficient (Wildman–Crippen LogP) is 3.21. The molecular formula is C19H18ClN5O2. The molecule has 1 aliphatic rings. The van der Waals surface area contributed by atoms with Gasteiger partial charge in [-0.3, -0.25) is 10.1 Å². The minimum absolute atomic E-state index is 0.322. The van der Waals surface area contributed by atoms with Crippen LogP contribution in [0.4, 0.5) is 11.6 Å². The molecule has 4 rings (SSSR count). The topological polar surface area (TPSA) is 83.1 Å². The highest BCUT2D eigenvalue weighted by Gasteiger charge is 2.14. The first-order chi connectivity index (χ1) is 13.2. The summed E-state index contributed by atoms with van der Waals surface area (Å²) in [5.41, 5.74) is 2.76. The van der Waals surface area contributed by atoms with E-state index < -0.39 is 0 Å². The number of H-pyrrole nitrogens is 1. The van der Waals surface area contributed by atoms with E-state index in [0.717, 1.165) is 24.3 Å². The van der Waals surface area contributed by atoms with Crippen molar-refractivity contribution in [3.63, 3.8) is 0 Å². The molecule has 0 atom stereocenters. The van der Waals surface area contributed by atoms with Crippen LogP contribution in [0.5, 0.6) is 0 Å². The standard InChI is InChI=1S/C19H18ClN5O2/c20-15-4-2-1-3-14(15)17-12-22-19(23-17)24-18(26)16-6-5-13(11-21-16)25-7-9-27-10-8-25/h1-6,11-12H,7-10H2,(H2,22,23,24,26). The van der Waals surface area contributed by atoms with E-state index in [0.29, 0.717) is 35.6 Å². The van der Waals surface area contributed by atoms with Crippen molar-refractivity contribution >= 4 is 29.1 Å². The fraction of sp³-hybridized carbons (Fsp3) is 0.211. The van der Waals surface area contributed by atoms with Crippen molar-refractivity contribution in [2.75, 3.05) is 36.5 Å². The number of hydrogen-bond acceptors (Lipinski definition) is 5. The zero-order valence-electron chi connectivity index (χ0n) is 14.5. The van der Waals surface area contributed by atoms with Crippen LogP contribution in [0, 0.1) is 0 Å². The summed E-state index contributed by atoms with van der Waals surface area (Å²) >= 11 is 6.19. The number of carbonyl (C=O) groups is 1. The molecule has 2 aromatic heterocycles. The van der Waals surface area contributed by atoms with Crippen LogP contribution in [0.2, 0.25) is 5.02 Å². The normalized spacial score (nSPS) is 14.2. The molecule has 1 aromatic carbocycles. The maximum atomic E-state index is 12.4. The first-order valence-corrected chi connectivity index (χ1v) is 8.99. The van der Waals surface area contributed by atoms with Crippen LogP contribution in [-0.4, -0.2) is 47.2 Å². The summed E-state index contributed by atoms with van der Waals surface area (Å²) < 4.78 is 5.35. The molecule has 138 valence electrons. The van der Waals surface area contributed by atoms with Crippen molar-refractivity contribution in [2.45, 2.75) is 0 Å². The van der Waals surface area contributed by atoms with E-state index in [1.54, 1.807) is 24.5 Å². The lowest BCUT2D eigenvalue weighted by Crippen LogP contribution is -2.36. The van der Waals surface area contributed by atoms with E-state index in [-0.39, 0.29) is 5.91 Å². The number of rotatable bonds is 4. The molecule has 8 heteroatoms. The highest BCUT2D eigenvalue weighted by atomic mass is 35.5. The molecule has 1 saturated heterocycles. The van der Waals surface area contributed by atoms with Crippen LogP contribution in [0.3, 0.4) is 0 Å². The van der Waals surface area contributed by atoms with E-state index in [9.17, 15) is 4.79 Å². The number of anilines is 2. The molecule has 27 heavy (non-hydrogen) atoms. The van der Waals surface area contributed by atoms with E-state index in [2.05, 4.69) is 25.2 Å². The van der Waals surface area contributed by atoms with Crippen molar-refractivity contribution in [1.82, 2.24) is 15.0 Å². The van der Waals surface area contributed by atoms with Crippen molar-refractivity contribution < 1.29 is 9.53 Å². The number of hydrogen-bond donors (Lipinski definition) is 2. The number of ether oxygens (including phenoxy) is 1. The number of morpholine rings is 1. The number of nitrogens with one attached hydrogen (secondary N) is 2. The molecule has 2 N–H and O–H groups in total. The molecule has 0 unspecified atom stereocenters. The van der Waals surface area contributed by atoms with E-state index in [4.69, 9.17) is 16.3 Å². The van der Waals surface area contributed by atoms with Gasteiger partial charge in [-0.1, -0.05) is 29.8 Å². The van der Waals surface area contributed by atoms with Gasteiger partial charge in [0, 0.05) is 24.8 Å². The number of benzene rings is 1. The number of carbonyl (C=O) groups excluding carboxylic acids is 1. The van der Waals surface area contributed by atoms with Gasteiger partial charge < -0.3 is 14.6 Å². The Bertz CT molecular complexity index is 935. The molecule has 0 bridgehead atoms. The predicted molar refractivity (Wildman–Crippen MR) is 104 cm³/mol. The average Bonchev–Trinajstić information content (AvgIpc) is 3.17. The highest BCUT2D eigenvalue weighted by Crippen LogP contribution is 2.26. The fourth-order valence-electron chi connectivity index (χ4n) is 2.89. The van der Waals surface area contributed by atoms with Crippen LogP contribution in [0.1, 0.15) is 10.5 Å². The second-order valence-electron chi connectivity index (χ2n) is 6.07. The summed E-state index contributed by atoms with van der Waals surface area (Å²) in [7, 11) is 0. The van der Waals surface area contributed by atoms with Gasteiger partial charge in [-0.15, -0.1) is 0 Å². The quantitative estimate of drug-likeness (QED) is 0.722. The Hall–Kier alpha value is -2.90. The minimum atomic E-state index is -0.330. The summed E-state index contributed by atoms with van der Waals surface area (Å²) in [6.45, 7) is 3.05. The van der Waals surface area contributed by atoms with Crippen molar-refractivity contribution in [1.29, 1.82) is 0 Å². The lowest BCUT2D eigenvalue weighted by molar-refractivity contribution is 0.102. The first kappa shape index (κ1) is 17.5. The van der Waals surface area contributed by atoms with Crippen LogP contribution in [-0.2, 0) is 4.74 Å². The van der Waals surface area contributed by atoms with E-state index in [1.165, 1.54) is 0 Å². The molecule has 1 aliphatic heterocycles. The van der Waals surface area contributed by atoms with Crippen molar-refractivity contribution in [3.8, 4) is 11.3 Å². The molecule has 1 amide bonds. The largest absolute Gasteiger partial charge is 0.378 e. The molecule has 0 radical (unpaired) electrons. The zero-order valence-corrected chi connectivity index (χ0v) is 15.2. The maximum absolute atomic E-state index is 12.4. The van der Waals surface area contributed by atoms with Gasteiger partial charge >= 0.3 is 0 Å². The van der Waals surface area contributed by atoms with Gasteiger partial charge in [0.1, 0.15) is 5.69 Å². The lowest BCUT2D eigenvalue weighted by atomic mass is 10.2. The fourth-order valence-corrected chi connectivity index (χ4v) is 3.13. The SMILES string of the molecule is O=C(Nc1nc(-c2ccccc2Cl)c[nH]1)c1ccc(N2CCOCC2)cn1. The summed E-state index contributed by atoms with van der Waals surface area (Å²) in [6, 6.07) is 11.0. The molecular weight excluding hydrogens is 366 g/mol. The van der Waals surface area contributed by atoms with Crippen LogP contribution in [0.15, 0.2) is 48.8 Å². The number of imidazole rings is 1. The number of amides is 1. The summed E-state index contributed by atoms with van der Waals surface area (Å²) in [5.74, 6) is 0.0116. The Morgan fingerprint density at radius 2 is 2.00 bits per heavy atom. The second kappa shape index (κ2) is 7.77. The number of halogens is 1. The van der Waals surface area contributed by atoms with Gasteiger partial charge in [-0.25, -0.2) is 9.97 Å². The second-order valence-corrected chi connectivity index (χ2v) is 6.48. The minimum Gasteiger partial charge on any atom is -0.378 e. The Balaban J connectivity index is 1.44. The molecule has 0 spiro atoms. The summed E-state index contributed by atoms with van der Waals surface area (Å²) in [5, 5.41) is 3.32. The Labute approximate surface area is 161 Å². The van der Waals surface area contributed by atoms with Crippen molar-refractivity contribution in [2.24, 2.45) is 0 Å². The van der Waals surface area contributed by atoms with E-state index >= 15 is 0 Å². The molecule has 1 fully saturated rings. The summed E-state index contributed by atoms with van der Waals surface area (Å²) in [4.78, 5) is 26.2. The number of aromatic amines is 1. The van der Waals surface area contributed by atoms with Gasteiger partial charge in [-0.2, -0.15) is 0 Å². The van der Waals surface area contributed by atoms with E-state index in [1.807, 2.05) is 24.3 Å². The maximum Gasteiger partial charge on any atom is 0.276 e. The molecule has 3 aromatic rings. The van der Waals surface area contributed by atoms with Gasteiger partial charge in [0.05, 0.1) is 35.8 Å². The molecule has 0 aliphatic carbocycles. The summed E-state index contributed by atoms with van der Waals surface area (Å²) in [6.07, 6.45) is 3.41. The molecule has 7 nitrogen and oxygen atoms in total. The molecule has 0 saturated carbocycles. The van der Waals surface area contributed by atoms with Crippen LogP contribution in [0.25, 0.3) is 11.3 Å². The third-order valence-corrected chi connectivity index (χ3v) is 4.65. The smallest absolute Gasteiger partial charge is 0.276 e. The van der Waals surface area contributed by atoms with Gasteiger partial charge in [0.15, 0.2) is 0 Å². The van der Waals surface area contributed by atoms with Gasteiger partial charge in [-0.05, 0) is 18.2 Å². The van der Waals surface area contributed by atoms with Crippen LogP contribution >= 0.6 is 11.6 Å². The third-order valence-electron chi connectivity index (χ3n) is 4.32. The van der Waals surface area contributed by atoms with Gasteiger partial charge in [0.25, 0.3) is 5.91 Å². The van der Waals surface area contributed by atoms with Crippen LogP contribution < -0.4 is 10.2 Å². The lowest BCUT2D eigenvalue weighted by Gasteiger charge is -2.28. The number of pyridine rings is 1. The Morgan fingerprint density at radius 3 is 2.74 bits per heavy atom. The number of nitrogens with zero attached hydrogens (tertiary/aromatic N) is 3. The number of aromatic nitrogens is 3. The van der Waals surface area contributed by atoms with Gasteiger partial charge in [0.2, 0.25) is 5.95 Å². The Kier molecular flexibility index (Phi) is 5.04. The first-order valence-electron chi connectivity index (χ1n) is 8.61. The highest BCUT2D eigenvalue weighted by molar-refractivity contribution is 6.33. The third kappa shape index (κ3) is 3.94. The zero-order chi connectivity index (χ0) is 18.6. The Morgan fingerprint density at radius 1 is 1.19 bits per heavy atom. The van der Waals surface area contributed by atoms with Crippen molar-refractivity contribution in [3.05, 3.63) is 59.5 Å². The molecule has 3 heterocycles. The average molecular weight is 384 g/mol.